The predicted octanol–water partition coefficient (Wildman–Crippen LogP) is 1.83. The summed E-state index contributed by atoms with van der Waals surface area (Å²) >= 11 is 0. The van der Waals surface area contributed by atoms with Crippen molar-refractivity contribution in [3.63, 3.8) is 0 Å². The van der Waals surface area contributed by atoms with Crippen LogP contribution >= 0.6 is 0 Å². The minimum Gasteiger partial charge on any atom is -0.497 e. The van der Waals surface area contributed by atoms with E-state index in [-0.39, 0.29) is 13.2 Å². The number of amides is 4. The number of imide groups is 1. The molecule has 0 aromatic heterocycles. The molecule has 0 bridgehead atoms. The molecule has 4 amide bonds. The summed E-state index contributed by atoms with van der Waals surface area (Å²) in [5.74, 6) is 2.82. The molecule has 8 heteroatoms. The number of nitrogens with one attached hydrogen (secondary N) is 2. The van der Waals surface area contributed by atoms with Crippen molar-refractivity contribution in [2.24, 2.45) is 0 Å². The maximum absolute atomic E-state index is 12.9. The standard InChI is InChI=1S/C24H25N3O5/c1-4-15-32-20-9-5-17(6-10-20)13-14-25-21(28)16-27-22(29)24(2,26-23(27)30)18-7-11-19(31-3)12-8-18/h1,5-12H,13-16H2,2-3H3,(H,25,28)(H,26,30). The SMILES string of the molecule is C#CCOc1ccc(CCNC(=O)CN2C(=O)NC(C)(c3ccc(OC)cc3)C2=O)cc1. The van der Waals surface area contributed by atoms with Gasteiger partial charge in [-0.25, -0.2) is 4.79 Å². The van der Waals surface area contributed by atoms with Crippen LogP contribution in [0.15, 0.2) is 48.5 Å². The van der Waals surface area contributed by atoms with Gasteiger partial charge in [-0.1, -0.05) is 30.2 Å². The molecule has 3 rings (SSSR count). The highest BCUT2D eigenvalue weighted by molar-refractivity contribution is 6.09. The number of rotatable bonds is 9. The first kappa shape index (κ1) is 22.7. The number of methoxy groups -OCH3 is 1. The highest BCUT2D eigenvalue weighted by atomic mass is 16.5. The van der Waals surface area contributed by atoms with Gasteiger partial charge in [0.1, 0.15) is 30.2 Å². The molecule has 1 aliphatic rings. The molecule has 1 heterocycles. The Morgan fingerprint density at radius 2 is 1.78 bits per heavy atom. The summed E-state index contributed by atoms with van der Waals surface area (Å²) in [6, 6.07) is 13.6. The number of benzene rings is 2. The molecule has 166 valence electrons. The molecule has 1 unspecified atom stereocenters. The van der Waals surface area contributed by atoms with Crippen molar-refractivity contribution in [1.29, 1.82) is 0 Å². The molecule has 0 radical (unpaired) electrons. The van der Waals surface area contributed by atoms with Crippen LogP contribution in [0.4, 0.5) is 4.79 Å². The molecule has 2 aromatic carbocycles. The Hall–Kier alpha value is -3.99. The Balaban J connectivity index is 1.52. The number of carbonyl (C=O) groups is 3. The van der Waals surface area contributed by atoms with Crippen LogP contribution in [0, 0.1) is 12.3 Å². The molecule has 1 saturated heterocycles. The number of terminal acetylenes is 1. The summed E-state index contributed by atoms with van der Waals surface area (Å²) in [5, 5.41) is 5.43. The summed E-state index contributed by atoms with van der Waals surface area (Å²) in [5.41, 5.74) is 0.363. The predicted molar refractivity (Wildman–Crippen MR) is 118 cm³/mol. The Bertz CT molecular complexity index is 1030. The smallest absolute Gasteiger partial charge is 0.325 e. The minimum absolute atomic E-state index is 0.204. The second-order valence-corrected chi connectivity index (χ2v) is 7.41. The number of ether oxygens (including phenoxy) is 2. The van der Waals surface area contributed by atoms with E-state index in [0.717, 1.165) is 10.5 Å². The number of nitrogens with zero attached hydrogens (tertiary/aromatic N) is 1. The molecule has 8 nitrogen and oxygen atoms in total. The van der Waals surface area contributed by atoms with E-state index in [2.05, 4.69) is 16.6 Å². The molecule has 1 aliphatic heterocycles. The Morgan fingerprint density at radius 3 is 2.41 bits per heavy atom. The van der Waals surface area contributed by atoms with E-state index < -0.39 is 23.4 Å². The molecule has 0 aliphatic carbocycles. The lowest BCUT2D eigenvalue weighted by Gasteiger charge is -2.22. The van der Waals surface area contributed by atoms with Crippen LogP contribution < -0.4 is 20.1 Å². The van der Waals surface area contributed by atoms with Gasteiger partial charge in [-0.15, -0.1) is 6.42 Å². The van der Waals surface area contributed by atoms with Crippen LogP contribution in [0.25, 0.3) is 0 Å². The zero-order chi connectivity index (χ0) is 23.1. The second-order valence-electron chi connectivity index (χ2n) is 7.41. The fourth-order valence-corrected chi connectivity index (χ4v) is 3.38. The average Bonchev–Trinajstić information content (AvgIpc) is 3.02. The van der Waals surface area contributed by atoms with Gasteiger partial charge in [0.05, 0.1) is 7.11 Å². The lowest BCUT2D eigenvalue weighted by Crippen LogP contribution is -2.43. The Morgan fingerprint density at radius 1 is 1.12 bits per heavy atom. The quantitative estimate of drug-likeness (QED) is 0.463. The molecule has 1 fully saturated rings. The second kappa shape index (κ2) is 9.88. The monoisotopic (exact) mass is 435 g/mol. The Labute approximate surface area is 186 Å². The molecule has 2 N–H and O–H groups in total. The summed E-state index contributed by atoms with van der Waals surface area (Å²) in [4.78, 5) is 38.6. The van der Waals surface area contributed by atoms with Gasteiger partial charge in [0.15, 0.2) is 0 Å². The topological polar surface area (TPSA) is 97.0 Å². The number of carbonyl (C=O) groups excluding carboxylic acids is 3. The van der Waals surface area contributed by atoms with E-state index in [4.69, 9.17) is 15.9 Å². The van der Waals surface area contributed by atoms with Crippen molar-refractivity contribution in [3.8, 4) is 23.8 Å². The summed E-state index contributed by atoms with van der Waals surface area (Å²) in [6.45, 7) is 1.83. The van der Waals surface area contributed by atoms with Gasteiger partial charge >= 0.3 is 6.03 Å². The van der Waals surface area contributed by atoms with E-state index in [1.165, 1.54) is 0 Å². The number of hydrogen-bond acceptors (Lipinski definition) is 5. The van der Waals surface area contributed by atoms with Gasteiger partial charge in [-0.2, -0.15) is 0 Å². The van der Waals surface area contributed by atoms with Crippen LogP contribution in [0.3, 0.4) is 0 Å². The lowest BCUT2D eigenvalue weighted by molar-refractivity contribution is -0.134. The number of hydrogen-bond donors (Lipinski definition) is 2. The highest BCUT2D eigenvalue weighted by Crippen LogP contribution is 2.29. The van der Waals surface area contributed by atoms with E-state index in [1.54, 1.807) is 38.3 Å². The average molecular weight is 435 g/mol. The molecule has 2 aromatic rings. The summed E-state index contributed by atoms with van der Waals surface area (Å²) < 4.78 is 10.4. The van der Waals surface area contributed by atoms with Crippen LogP contribution in [0.2, 0.25) is 0 Å². The van der Waals surface area contributed by atoms with E-state index in [9.17, 15) is 14.4 Å². The first-order valence-electron chi connectivity index (χ1n) is 10.1. The zero-order valence-corrected chi connectivity index (χ0v) is 18.0. The molecular weight excluding hydrogens is 410 g/mol. The molecular formula is C24H25N3O5. The summed E-state index contributed by atoms with van der Waals surface area (Å²) in [7, 11) is 1.55. The van der Waals surface area contributed by atoms with Gasteiger partial charge in [-0.3, -0.25) is 14.5 Å². The zero-order valence-electron chi connectivity index (χ0n) is 18.0. The van der Waals surface area contributed by atoms with Crippen LogP contribution in [0.1, 0.15) is 18.1 Å². The third-order valence-corrected chi connectivity index (χ3v) is 5.23. The van der Waals surface area contributed by atoms with E-state index in [1.807, 2.05) is 24.3 Å². The molecule has 0 saturated carbocycles. The van der Waals surface area contributed by atoms with Gasteiger partial charge in [0.25, 0.3) is 5.91 Å². The van der Waals surface area contributed by atoms with Gasteiger partial charge < -0.3 is 20.1 Å². The largest absolute Gasteiger partial charge is 0.497 e. The van der Waals surface area contributed by atoms with Crippen molar-refractivity contribution in [3.05, 3.63) is 59.7 Å². The highest BCUT2D eigenvalue weighted by Gasteiger charge is 2.49. The molecule has 32 heavy (non-hydrogen) atoms. The van der Waals surface area contributed by atoms with Crippen LogP contribution in [-0.4, -0.2) is 49.6 Å². The van der Waals surface area contributed by atoms with Crippen molar-refractivity contribution in [1.82, 2.24) is 15.5 Å². The first-order chi connectivity index (χ1) is 15.4. The van der Waals surface area contributed by atoms with Crippen molar-refractivity contribution < 1.29 is 23.9 Å². The maximum atomic E-state index is 12.9. The van der Waals surface area contributed by atoms with Gasteiger partial charge in [0.2, 0.25) is 5.91 Å². The van der Waals surface area contributed by atoms with Crippen molar-refractivity contribution >= 4 is 17.8 Å². The molecule has 0 spiro atoms. The van der Waals surface area contributed by atoms with Crippen LogP contribution in [0.5, 0.6) is 11.5 Å². The third-order valence-electron chi connectivity index (χ3n) is 5.23. The molecule has 1 atom stereocenters. The Kier molecular flexibility index (Phi) is 7.00. The van der Waals surface area contributed by atoms with Gasteiger partial charge in [-0.05, 0) is 48.7 Å². The minimum atomic E-state index is -1.24. The fraction of sp³-hybridized carbons (Fsp3) is 0.292. The van der Waals surface area contributed by atoms with Gasteiger partial charge in [0, 0.05) is 6.54 Å². The number of urea groups is 1. The van der Waals surface area contributed by atoms with Crippen LogP contribution in [-0.2, 0) is 21.5 Å². The fourth-order valence-electron chi connectivity index (χ4n) is 3.38. The van der Waals surface area contributed by atoms with Crippen molar-refractivity contribution in [2.75, 3.05) is 26.8 Å². The first-order valence-corrected chi connectivity index (χ1v) is 10.1. The normalized spacial score (nSPS) is 17.5. The maximum Gasteiger partial charge on any atom is 0.325 e. The van der Waals surface area contributed by atoms with E-state index >= 15 is 0 Å². The third kappa shape index (κ3) is 5.01. The summed E-state index contributed by atoms with van der Waals surface area (Å²) in [6.07, 6.45) is 5.75. The van der Waals surface area contributed by atoms with Crippen molar-refractivity contribution in [2.45, 2.75) is 18.9 Å². The van der Waals surface area contributed by atoms with E-state index in [0.29, 0.717) is 30.0 Å². The lowest BCUT2D eigenvalue weighted by atomic mass is 9.92.